The maximum absolute atomic E-state index is 12.4. The largest absolute Gasteiger partial charge is 0.476 e. The minimum atomic E-state index is -2.33. The van der Waals surface area contributed by atoms with Gasteiger partial charge in [0, 0.05) is 23.2 Å². The zero-order chi connectivity index (χ0) is 15.2. The summed E-state index contributed by atoms with van der Waals surface area (Å²) in [5.41, 5.74) is 0. The highest BCUT2D eigenvalue weighted by Crippen LogP contribution is 2.26. The van der Waals surface area contributed by atoms with E-state index in [2.05, 4.69) is 4.98 Å². The summed E-state index contributed by atoms with van der Waals surface area (Å²) in [4.78, 5) is 5.83. The maximum Gasteiger partial charge on any atom is 0.251 e. The molecular formula is C15H17ClF2N2O. The molecule has 2 rings (SSSR count). The number of pyridine rings is 1. The van der Waals surface area contributed by atoms with Crippen molar-refractivity contribution in [3.63, 3.8) is 0 Å². The molecule has 0 N–H and O–H groups in total. The van der Waals surface area contributed by atoms with E-state index in [-0.39, 0.29) is 6.54 Å². The highest BCUT2D eigenvalue weighted by molar-refractivity contribution is 6.31. The van der Waals surface area contributed by atoms with Crippen LogP contribution in [0, 0.1) is 0 Å². The minimum absolute atomic E-state index is 0.241. The van der Waals surface area contributed by atoms with Gasteiger partial charge in [-0.2, -0.15) is 0 Å². The van der Waals surface area contributed by atoms with Crippen LogP contribution < -0.4 is 4.74 Å². The Morgan fingerprint density at radius 1 is 1.33 bits per heavy atom. The van der Waals surface area contributed by atoms with Gasteiger partial charge in [0.15, 0.2) is 0 Å². The molecule has 6 heteroatoms. The average Bonchev–Trinajstić information content (AvgIpc) is 2.46. The summed E-state index contributed by atoms with van der Waals surface area (Å²) in [5.74, 6) is 0.475. The van der Waals surface area contributed by atoms with E-state index in [4.69, 9.17) is 16.3 Å². The number of aromatic nitrogens is 1. The standard InChI is InChI=1S/C15H17ClF2N2O/c1-2-20(10-14(17)18)7-8-21-15-13-9-12(16)4-3-11(13)5-6-19-15/h3-6,9,14H,2,7-8,10H2,1H3. The van der Waals surface area contributed by atoms with Crippen LogP contribution in [0.1, 0.15) is 6.92 Å². The van der Waals surface area contributed by atoms with Gasteiger partial charge in [0.2, 0.25) is 5.88 Å². The summed E-state index contributed by atoms with van der Waals surface area (Å²) >= 11 is 5.98. The van der Waals surface area contributed by atoms with E-state index >= 15 is 0 Å². The number of hydrogen-bond acceptors (Lipinski definition) is 3. The molecule has 0 amide bonds. The zero-order valence-electron chi connectivity index (χ0n) is 11.7. The fourth-order valence-corrected chi connectivity index (χ4v) is 2.25. The predicted molar refractivity (Wildman–Crippen MR) is 80.4 cm³/mol. The number of hydrogen-bond donors (Lipinski definition) is 0. The maximum atomic E-state index is 12.4. The molecular weight excluding hydrogens is 298 g/mol. The summed E-state index contributed by atoms with van der Waals surface area (Å²) in [5, 5.41) is 2.40. The molecule has 3 nitrogen and oxygen atoms in total. The molecule has 0 bridgehead atoms. The van der Waals surface area contributed by atoms with Gasteiger partial charge in [-0.1, -0.05) is 24.6 Å². The van der Waals surface area contributed by atoms with Crippen molar-refractivity contribution in [1.29, 1.82) is 0 Å². The summed E-state index contributed by atoms with van der Waals surface area (Å²) in [6.07, 6.45) is -0.679. The van der Waals surface area contributed by atoms with E-state index in [1.54, 1.807) is 23.2 Å². The molecule has 0 radical (unpaired) electrons. The summed E-state index contributed by atoms with van der Waals surface area (Å²) in [7, 11) is 0. The Kier molecular flexibility index (Phi) is 5.70. The van der Waals surface area contributed by atoms with Crippen LogP contribution in [0.4, 0.5) is 8.78 Å². The lowest BCUT2D eigenvalue weighted by Gasteiger charge is -2.19. The van der Waals surface area contributed by atoms with Gasteiger partial charge < -0.3 is 4.74 Å². The number of nitrogens with zero attached hydrogens (tertiary/aromatic N) is 2. The molecule has 0 aliphatic carbocycles. The molecule has 1 heterocycles. The molecule has 2 aromatic rings. The smallest absolute Gasteiger partial charge is 0.251 e. The summed E-state index contributed by atoms with van der Waals surface area (Å²) < 4.78 is 30.4. The number of likely N-dealkylation sites (N-methyl/N-ethyl adjacent to an activating group) is 1. The Morgan fingerprint density at radius 3 is 2.86 bits per heavy atom. The monoisotopic (exact) mass is 314 g/mol. The number of halogens is 3. The number of benzene rings is 1. The molecule has 114 valence electrons. The summed E-state index contributed by atoms with van der Waals surface area (Å²) in [6.45, 7) is 2.90. The van der Waals surface area contributed by atoms with Gasteiger partial charge >= 0.3 is 0 Å². The Labute approximate surface area is 127 Å². The molecule has 0 saturated carbocycles. The summed E-state index contributed by atoms with van der Waals surface area (Å²) in [6, 6.07) is 7.35. The SMILES string of the molecule is CCN(CCOc1nccc2ccc(Cl)cc12)CC(F)F. The first kappa shape index (κ1) is 15.9. The van der Waals surface area contributed by atoms with Crippen LogP contribution in [0.2, 0.25) is 5.02 Å². The van der Waals surface area contributed by atoms with Crippen LogP contribution in [0.15, 0.2) is 30.5 Å². The number of ether oxygens (including phenoxy) is 1. The first-order valence-electron chi connectivity index (χ1n) is 6.77. The van der Waals surface area contributed by atoms with E-state index in [0.29, 0.717) is 30.6 Å². The van der Waals surface area contributed by atoms with Gasteiger partial charge in [0.25, 0.3) is 6.43 Å². The van der Waals surface area contributed by atoms with E-state index < -0.39 is 6.43 Å². The third-order valence-corrected chi connectivity index (χ3v) is 3.42. The van der Waals surface area contributed by atoms with Crippen molar-refractivity contribution in [3.8, 4) is 5.88 Å². The lowest BCUT2D eigenvalue weighted by atomic mass is 10.2. The van der Waals surface area contributed by atoms with Crippen LogP contribution in [0.3, 0.4) is 0 Å². The first-order chi connectivity index (χ1) is 10.1. The topological polar surface area (TPSA) is 25.4 Å². The second kappa shape index (κ2) is 7.52. The Bertz CT molecular complexity index is 595. The van der Waals surface area contributed by atoms with Crippen molar-refractivity contribution in [2.75, 3.05) is 26.2 Å². The average molecular weight is 315 g/mol. The van der Waals surface area contributed by atoms with Gasteiger partial charge in [0.1, 0.15) is 6.61 Å². The van der Waals surface area contributed by atoms with Crippen molar-refractivity contribution in [3.05, 3.63) is 35.5 Å². The second-order valence-corrected chi connectivity index (χ2v) is 5.05. The van der Waals surface area contributed by atoms with Gasteiger partial charge in [-0.05, 0) is 30.1 Å². The van der Waals surface area contributed by atoms with E-state index in [0.717, 1.165) is 10.8 Å². The van der Waals surface area contributed by atoms with Gasteiger partial charge in [-0.25, -0.2) is 13.8 Å². The van der Waals surface area contributed by atoms with Crippen LogP contribution in [-0.2, 0) is 0 Å². The van der Waals surface area contributed by atoms with Crippen LogP contribution in [0.5, 0.6) is 5.88 Å². The Morgan fingerprint density at radius 2 is 2.14 bits per heavy atom. The van der Waals surface area contributed by atoms with Crippen LogP contribution >= 0.6 is 11.6 Å². The van der Waals surface area contributed by atoms with Crippen LogP contribution in [-0.4, -0.2) is 42.6 Å². The normalized spacial score (nSPS) is 11.5. The minimum Gasteiger partial charge on any atom is -0.476 e. The fourth-order valence-electron chi connectivity index (χ4n) is 2.07. The van der Waals surface area contributed by atoms with E-state index in [1.165, 1.54) is 0 Å². The van der Waals surface area contributed by atoms with Gasteiger partial charge in [-0.3, -0.25) is 4.90 Å². The van der Waals surface area contributed by atoms with Crippen molar-refractivity contribution >= 4 is 22.4 Å². The molecule has 0 saturated heterocycles. The number of rotatable bonds is 7. The third-order valence-electron chi connectivity index (χ3n) is 3.18. The van der Waals surface area contributed by atoms with E-state index in [9.17, 15) is 8.78 Å². The number of fused-ring (bicyclic) bond motifs is 1. The lowest BCUT2D eigenvalue weighted by Crippen LogP contribution is -2.32. The van der Waals surface area contributed by atoms with E-state index in [1.807, 2.05) is 19.1 Å². The molecule has 0 atom stereocenters. The molecule has 0 fully saturated rings. The lowest BCUT2D eigenvalue weighted by molar-refractivity contribution is 0.0831. The predicted octanol–water partition coefficient (Wildman–Crippen LogP) is 3.85. The fraction of sp³-hybridized carbons (Fsp3) is 0.400. The highest BCUT2D eigenvalue weighted by atomic mass is 35.5. The highest BCUT2D eigenvalue weighted by Gasteiger charge is 2.11. The van der Waals surface area contributed by atoms with Crippen molar-refractivity contribution in [1.82, 2.24) is 9.88 Å². The molecule has 1 aromatic heterocycles. The molecule has 21 heavy (non-hydrogen) atoms. The van der Waals surface area contributed by atoms with Crippen molar-refractivity contribution in [2.24, 2.45) is 0 Å². The van der Waals surface area contributed by atoms with Crippen molar-refractivity contribution in [2.45, 2.75) is 13.3 Å². The second-order valence-electron chi connectivity index (χ2n) is 4.61. The molecule has 0 aliphatic rings. The zero-order valence-corrected chi connectivity index (χ0v) is 12.5. The number of alkyl halides is 2. The quantitative estimate of drug-likeness (QED) is 0.776. The van der Waals surface area contributed by atoms with Gasteiger partial charge in [-0.15, -0.1) is 0 Å². The Hall–Kier alpha value is -1.46. The third kappa shape index (κ3) is 4.51. The van der Waals surface area contributed by atoms with Crippen LogP contribution in [0.25, 0.3) is 10.8 Å². The molecule has 0 aliphatic heterocycles. The van der Waals surface area contributed by atoms with Crippen molar-refractivity contribution < 1.29 is 13.5 Å². The molecule has 0 unspecified atom stereocenters. The molecule has 1 aromatic carbocycles. The first-order valence-corrected chi connectivity index (χ1v) is 7.15. The van der Waals surface area contributed by atoms with Gasteiger partial charge in [0.05, 0.1) is 6.54 Å². The molecule has 0 spiro atoms. The Balaban J connectivity index is 2.01.